The lowest BCUT2D eigenvalue weighted by molar-refractivity contribution is 0.590. The molecule has 0 saturated carbocycles. The molecule has 0 aliphatic carbocycles. The lowest BCUT2D eigenvalue weighted by Crippen LogP contribution is -2.19. The van der Waals surface area contributed by atoms with Crippen molar-refractivity contribution in [3.05, 3.63) is 163 Å². The zero-order valence-corrected chi connectivity index (χ0v) is 31.5. The SMILES string of the molecule is CC(C)(C)c1ccc(N2c3ccc(N4c5ccccc5Sc5ccccc54)cc3Sc3cc(N4c5ccccc5Sc5ccccc54)ccc32)cc1. The monoisotopic (exact) mass is 725 g/mol. The largest absolute Gasteiger partial charge is 0.308 e. The fourth-order valence-electron chi connectivity index (χ4n) is 7.42. The minimum Gasteiger partial charge on any atom is -0.308 e. The van der Waals surface area contributed by atoms with Crippen LogP contribution in [0.3, 0.4) is 0 Å². The normalized spacial score (nSPS) is 14.1. The summed E-state index contributed by atoms with van der Waals surface area (Å²) in [5.41, 5.74) is 12.1. The molecule has 7 aromatic carbocycles. The van der Waals surface area contributed by atoms with Crippen molar-refractivity contribution in [2.75, 3.05) is 14.7 Å². The molecule has 6 heteroatoms. The Balaban J connectivity index is 1.14. The first-order valence-corrected chi connectivity index (χ1v) is 20.0. The summed E-state index contributed by atoms with van der Waals surface area (Å²) in [7, 11) is 0. The Morgan fingerprint density at radius 1 is 0.327 bits per heavy atom. The van der Waals surface area contributed by atoms with E-state index in [0.717, 1.165) is 17.1 Å². The van der Waals surface area contributed by atoms with E-state index in [1.807, 2.05) is 35.3 Å². The molecule has 0 fully saturated rings. The van der Waals surface area contributed by atoms with Crippen molar-refractivity contribution in [2.24, 2.45) is 0 Å². The summed E-state index contributed by atoms with van der Waals surface area (Å²) in [6, 6.07) is 58.1. The van der Waals surface area contributed by atoms with Gasteiger partial charge in [-0.15, -0.1) is 0 Å². The molecule has 52 heavy (non-hydrogen) atoms. The van der Waals surface area contributed by atoms with Gasteiger partial charge in [0.15, 0.2) is 0 Å². The number of para-hydroxylation sites is 4. The van der Waals surface area contributed by atoms with Gasteiger partial charge in [0.2, 0.25) is 0 Å². The number of hydrogen-bond acceptors (Lipinski definition) is 6. The summed E-state index contributed by atoms with van der Waals surface area (Å²) >= 11 is 5.55. The second-order valence-electron chi connectivity index (χ2n) is 14.3. The van der Waals surface area contributed by atoms with Gasteiger partial charge >= 0.3 is 0 Å². The van der Waals surface area contributed by atoms with E-state index in [0.29, 0.717) is 0 Å². The van der Waals surface area contributed by atoms with Gasteiger partial charge in [0, 0.05) is 46.4 Å². The van der Waals surface area contributed by atoms with Crippen LogP contribution in [0.15, 0.2) is 187 Å². The number of hydrogen-bond donors (Lipinski definition) is 0. The van der Waals surface area contributed by atoms with Gasteiger partial charge in [-0.1, -0.05) is 117 Å². The van der Waals surface area contributed by atoms with Gasteiger partial charge in [0.05, 0.1) is 34.1 Å². The van der Waals surface area contributed by atoms with Gasteiger partial charge in [0.25, 0.3) is 0 Å². The van der Waals surface area contributed by atoms with E-state index in [4.69, 9.17) is 0 Å². The first kappa shape index (κ1) is 31.7. The van der Waals surface area contributed by atoms with Gasteiger partial charge in [-0.3, -0.25) is 0 Å². The van der Waals surface area contributed by atoms with Gasteiger partial charge in [-0.25, -0.2) is 0 Å². The molecule has 0 aromatic heterocycles. The van der Waals surface area contributed by atoms with Gasteiger partial charge < -0.3 is 14.7 Å². The number of rotatable bonds is 3. The van der Waals surface area contributed by atoms with Crippen molar-refractivity contribution in [1.29, 1.82) is 0 Å². The highest BCUT2D eigenvalue weighted by atomic mass is 32.2. The molecule has 0 N–H and O–H groups in total. The molecule has 0 bridgehead atoms. The van der Waals surface area contributed by atoms with Crippen LogP contribution in [0.5, 0.6) is 0 Å². The lowest BCUT2D eigenvalue weighted by atomic mass is 9.87. The smallest absolute Gasteiger partial charge is 0.0603 e. The van der Waals surface area contributed by atoms with E-state index < -0.39 is 0 Å². The molecular weight excluding hydrogens is 691 g/mol. The fourth-order valence-corrected chi connectivity index (χ4v) is 10.7. The number of nitrogens with zero attached hydrogens (tertiary/aromatic N) is 3. The molecule has 10 rings (SSSR count). The summed E-state index contributed by atoms with van der Waals surface area (Å²) in [6.07, 6.45) is 0. The standard InChI is InChI=1S/C46H35N3S3/c1-46(2,3)30-20-22-31(23-21-30)47-38-26-24-32(48-34-12-4-8-16-40(34)50-41-17-9-5-13-35(41)48)28-44(38)52-45-29-33(25-27-39(45)47)49-36-14-6-10-18-42(36)51-43-19-11-7-15-37(43)49/h4-29H,1-3H3. The van der Waals surface area contributed by atoms with Gasteiger partial charge in [-0.05, 0) is 108 Å². The molecule has 3 aliphatic heterocycles. The second kappa shape index (κ2) is 12.3. The van der Waals surface area contributed by atoms with E-state index in [9.17, 15) is 0 Å². The average molecular weight is 726 g/mol. The highest BCUT2D eigenvalue weighted by Crippen LogP contribution is 2.58. The zero-order chi connectivity index (χ0) is 35.0. The third-order valence-electron chi connectivity index (χ3n) is 9.96. The average Bonchev–Trinajstić information content (AvgIpc) is 3.17. The van der Waals surface area contributed by atoms with Gasteiger partial charge in [-0.2, -0.15) is 0 Å². The van der Waals surface area contributed by atoms with E-state index >= 15 is 0 Å². The van der Waals surface area contributed by atoms with Crippen LogP contribution in [-0.4, -0.2) is 0 Å². The van der Waals surface area contributed by atoms with Crippen LogP contribution in [0.4, 0.5) is 51.2 Å². The lowest BCUT2D eigenvalue weighted by Gasteiger charge is -2.37. The maximum atomic E-state index is 2.45. The van der Waals surface area contributed by atoms with Crippen molar-refractivity contribution in [2.45, 2.75) is 55.6 Å². The van der Waals surface area contributed by atoms with E-state index in [-0.39, 0.29) is 5.41 Å². The molecule has 0 spiro atoms. The van der Waals surface area contributed by atoms with Crippen LogP contribution in [0, 0.1) is 0 Å². The fraction of sp³-hybridized carbons (Fsp3) is 0.0870. The van der Waals surface area contributed by atoms with Crippen molar-refractivity contribution in [1.82, 2.24) is 0 Å². The summed E-state index contributed by atoms with van der Waals surface area (Å²) in [5, 5.41) is 0. The summed E-state index contributed by atoms with van der Waals surface area (Å²) < 4.78 is 0. The Labute approximate surface area is 318 Å². The molecule has 0 atom stereocenters. The molecule has 3 nitrogen and oxygen atoms in total. The molecule has 3 heterocycles. The Morgan fingerprint density at radius 2 is 0.635 bits per heavy atom. The van der Waals surface area contributed by atoms with Crippen LogP contribution in [0.25, 0.3) is 0 Å². The third kappa shape index (κ3) is 5.23. The summed E-state index contributed by atoms with van der Waals surface area (Å²) in [4.78, 5) is 14.8. The quantitative estimate of drug-likeness (QED) is 0.178. The maximum Gasteiger partial charge on any atom is 0.0603 e. The predicted molar refractivity (Wildman–Crippen MR) is 222 cm³/mol. The Bertz CT molecular complexity index is 2280. The summed E-state index contributed by atoms with van der Waals surface area (Å²) in [6.45, 7) is 6.83. The maximum absolute atomic E-state index is 2.45. The van der Waals surface area contributed by atoms with Crippen molar-refractivity contribution in [3.8, 4) is 0 Å². The third-order valence-corrected chi connectivity index (χ3v) is 13.3. The predicted octanol–water partition coefficient (Wildman–Crippen LogP) is 14.8. The minimum atomic E-state index is 0.0779. The molecule has 0 amide bonds. The molecule has 0 radical (unpaired) electrons. The highest BCUT2D eigenvalue weighted by Gasteiger charge is 2.31. The minimum absolute atomic E-state index is 0.0779. The topological polar surface area (TPSA) is 9.72 Å². The zero-order valence-electron chi connectivity index (χ0n) is 29.1. The van der Waals surface area contributed by atoms with Crippen molar-refractivity contribution >= 4 is 86.5 Å². The molecular formula is C46H35N3S3. The Kier molecular flexibility index (Phi) is 7.50. The second-order valence-corrected chi connectivity index (χ2v) is 17.5. The number of fused-ring (bicyclic) bond motifs is 6. The first-order valence-electron chi connectivity index (χ1n) is 17.6. The molecule has 3 aliphatic rings. The van der Waals surface area contributed by atoms with Crippen LogP contribution in [0.1, 0.15) is 26.3 Å². The van der Waals surface area contributed by atoms with Crippen LogP contribution in [-0.2, 0) is 5.41 Å². The van der Waals surface area contributed by atoms with Crippen molar-refractivity contribution < 1.29 is 0 Å². The highest BCUT2D eigenvalue weighted by molar-refractivity contribution is 8.00. The van der Waals surface area contributed by atoms with E-state index in [1.165, 1.54) is 69.1 Å². The van der Waals surface area contributed by atoms with Gasteiger partial charge in [0.1, 0.15) is 0 Å². The number of benzene rings is 7. The van der Waals surface area contributed by atoms with Crippen LogP contribution < -0.4 is 14.7 Å². The molecule has 0 unspecified atom stereocenters. The Morgan fingerprint density at radius 3 is 1.02 bits per heavy atom. The van der Waals surface area contributed by atoms with Crippen LogP contribution in [0.2, 0.25) is 0 Å². The van der Waals surface area contributed by atoms with Crippen molar-refractivity contribution in [3.63, 3.8) is 0 Å². The summed E-state index contributed by atoms with van der Waals surface area (Å²) in [5.74, 6) is 0. The molecule has 0 saturated heterocycles. The number of anilines is 9. The van der Waals surface area contributed by atoms with Crippen LogP contribution >= 0.6 is 35.3 Å². The Hall–Kier alpha value is -5.01. The molecule has 252 valence electrons. The molecule has 7 aromatic rings. The van der Waals surface area contributed by atoms with E-state index in [1.54, 1.807) is 0 Å². The van der Waals surface area contributed by atoms with E-state index in [2.05, 4.69) is 193 Å². The first-order chi connectivity index (χ1) is 25.4.